The van der Waals surface area contributed by atoms with Crippen molar-refractivity contribution in [3.05, 3.63) is 50.6 Å². The number of amides is 1. The molecular weight excluding hydrogens is 478 g/mol. The third-order valence-electron chi connectivity index (χ3n) is 6.85. The maximum atomic E-state index is 13.9. The Morgan fingerprint density at radius 2 is 2.06 bits per heavy atom. The van der Waals surface area contributed by atoms with Gasteiger partial charge < -0.3 is 10.1 Å². The molecule has 0 radical (unpaired) electrons. The highest BCUT2D eigenvalue weighted by molar-refractivity contribution is 7.99. The molecule has 5 rings (SSSR count). The van der Waals surface area contributed by atoms with E-state index in [0.717, 1.165) is 73.9 Å². The average molecular weight is 512 g/mol. The number of hydrogen-bond donors (Lipinski definition) is 1. The largest absolute Gasteiger partial charge is 0.376 e. The van der Waals surface area contributed by atoms with Gasteiger partial charge in [0.1, 0.15) is 4.83 Å². The number of benzene rings is 1. The van der Waals surface area contributed by atoms with Crippen LogP contribution in [-0.2, 0) is 28.8 Å². The Morgan fingerprint density at radius 1 is 1.23 bits per heavy atom. The highest BCUT2D eigenvalue weighted by Gasteiger charge is 2.23. The van der Waals surface area contributed by atoms with Crippen molar-refractivity contribution in [2.24, 2.45) is 0 Å². The van der Waals surface area contributed by atoms with Crippen molar-refractivity contribution in [1.29, 1.82) is 0 Å². The molecule has 1 fully saturated rings. The summed E-state index contributed by atoms with van der Waals surface area (Å²) in [5, 5.41) is 4.32. The zero-order valence-corrected chi connectivity index (χ0v) is 21.9. The van der Waals surface area contributed by atoms with Gasteiger partial charge in [0.2, 0.25) is 5.91 Å². The van der Waals surface area contributed by atoms with Crippen molar-refractivity contribution in [3.63, 3.8) is 0 Å². The molecule has 8 heteroatoms. The van der Waals surface area contributed by atoms with Crippen LogP contribution in [0.3, 0.4) is 0 Å². The molecule has 186 valence electrons. The van der Waals surface area contributed by atoms with Crippen molar-refractivity contribution in [2.45, 2.75) is 76.0 Å². The molecule has 1 N–H and O–H groups in total. The van der Waals surface area contributed by atoms with E-state index < -0.39 is 0 Å². The first-order chi connectivity index (χ1) is 17.1. The van der Waals surface area contributed by atoms with E-state index in [9.17, 15) is 9.59 Å². The predicted octanol–water partition coefficient (Wildman–Crippen LogP) is 5.06. The van der Waals surface area contributed by atoms with Crippen LogP contribution in [-0.4, -0.2) is 40.5 Å². The topological polar surface area (TPSA) is 73.2 Å². The van der Waals surface area contributed by atoms with E-state index in [-0.39, 0.29) is 23.3 Å². The minimum Gasteiger partial charge on any atom is -0.376 e. The normalized spacial score (nSPS) is 17.6. The highest BCUT2D eigenvalue weighted by Crippen LogP contribution is 2.35. The Morgan fingerprint density at radius 3 is 2.83 bits per heavy atom. The summed E-state index contributed by atoms with van der Waals surface area (Å²) in [6.07, 6.45) is 9.74. The Hall–Kier alpha value is -2.16. The van der Waals surface area contributed by atoms with Crippen LogP contribution >= 0.6 is 23.1 Å². The summed E-state index contributed by atoms with van der Waals surface area (Å²) in [6, 6.07) is 8.24. The van der Waals surface area contributed by atoms with Crippen LogP contribution in [0.15, 0.2) is 34.2 Å². The molecule has 35 heavy (non-hydrogen) atoms. The number of thiophene rings is 1. The number of hydrogen-bond acceptors (Lipinski definition) is 6. The molecule has 0 spiro atoms. The number of rotatable bonds is 9. The van der Waals surface area contributed by atoms with E-state index in [4.69, 9.17) is 9.72 Å². The summed E-state index contributed by atoms with van der Waals surface area (Å²) in [5.74, 6) is 0.149. The van der Waals surface area contributed by atoms with E-state index in [0.29, 0.717) is 11.7 Å². The van der Waals surface area contributed by atoms with E-state index in [1.807, 2.05) is 12.1 Å². The van der Waals surface area contributed by atoms with Crippen molar-refractivity contribution >= 4 is 39.2 Å². The first-order valence-corrected chi connectivity index (χ1v) is 14.6. The van der Waals surface area contributed by atoms with Crippen molar-refractivity contribution < 1.29 is 9.53 Å². The molecule has 1 aromatic carbocycles. The number of thioether (sulfide) groups is 1. The lowest BCUT2D eigenvalue weighted by atomic mass is 9.97. The second-order valence-electron chi connectivity index (χ2n) is 9.42. The first kappa shape index (κ1) is 24.5. The Bertz CT molecular complexity index is 1240. The highest BCUT2D eigenvalue weighted by atomic mass is 32.2. The van der Waals surface area contributed by atoms with Crippen LogP contribution in [0.4, 0.5) is 0 Å². The lowest BCUT2D eigenvalue weighted by Crippen LogP contribution is -2.33. The number of unbranched alkanes of at least 4 members (excludes halogenated alkanes) is 1. The molecule has 1 unspecified atom stereocenters. The fourth-order valence-electron chi connectivity index (χ4n) is 4.92. The first-order valence-electron chi connectivity index (χ1n) is 12.8. The zero-order chi connectivity index (χ0) is 24.2. The fourth-order valence-corrected chi connectivity index (χ4v) is 7.06. The Balaban J connectivity index is 1.45. The summed E-state index contributed by atoms with van der Waals surface area (Å²) in [4.78, 5) is 33.5. The minimum atomic E-state index is -0.0632. The van der Waals surface area contributed by atoms with E-state index in [1.54, 1.807) is 15.9 Å². The third-order valence-corrected chi connectivity index (χ3v) is 8.98. The van der Waals surface area contributed by atoms with E-state index in [2.05, 4.69) is 24.4 Å². The summed E-state index contributed by atoms with van der Waals surface area (Å²) >= 11 is 2.98. The smallest absolute Gasteiger partial charge is 0.267 e. The van der Waals surface area contributed by atoms with Gasteiger partial charge in [-0.2, -0.15) is 0 Å². The molecule has 3 aromatic rings. The molecule has 3 heterocycles. The lowest BCUT2D eigenvalue weighted by molar-refractivity contribution is -0.119. The molecule has 0 bridgehead atoms. The number of fused-ring (bicyclic) bond motifs is 3. The van der Waals surface area contributed by atoms with Gasteiger partial charge in [-0.15, -0.1) is 11.3 Å². The van der Waals surface area contributed by atoms with E-state index >= 15 is 0 Å². The second kappa shape index (κ2) is 11.3. The van der Waals surface area contributed by atoms with Crippen LogP contribution < -0.4 is 10.9 Å². The summed E-state index contributed by atoms with van der Waals surface area (Å²) in [5.41, 5.74) is 3.25. The number of carbonyl (C=O) groups is 1. The summed E-state index contributed by atoms with van der Waals surface area (Å²) in [7, 11) is 0. The quantitative estimate of drug-likeness (QED) is 0.321. The SMILES string of the molecule is CCCCc1ccc(-n2c(SCC(=O)NCC3CCCO3)nc3sc4c(c3c2=O)CCCC4)cc1. The van der Waals surface area contributed by atoms with Gasteiger partial charge in [-0.05, 0) is 74.6 Å². The molecule has 1 aliphatic carbocycles. The zero-order valence-electron chi connectivity index (χ0n) is 20.3. The fraction of sp³-hybridized carbons (Fsp3) is 0.519. The number of aryl methyl sites for hydroxylation is 3. The summed E-state index contributed by atoms with van der Waals surface area (Å²) < 4.78 is 7.32. The van der Waals surface area contributed by atoms with Gasteiger partial charge in [0.05, 0.1) is 22.9 Å². The van der Waals surface area contributed by atoms with Crippen molar-refractivity contribution in [1.82, 2.24) is 14.9 Å². The molecule has 1 amide bonds. The monoisotopic (exact) mass is 511 g/mol. The van der Waals surface area contributed by atoms with Gasteiger partial charge in [0.25, 0.3) is 5.56 Å². The number of carbonyl (C=O) groups excluding carboxylic acids is 1. The number of ether oxygens (including phenoxy) is 1. The predicted molar refractivity (Wildman–Crippen MR) is 143 cm³/mol. The molecule has 2 aliphatic rings. The molecular formula is C27H33N3O3S2. The molecule has 6 nitrogen and oxygen atoms in total. The van der Waals surface area contributed by atoms with Gasteiger partial charge in [-0.1, -0.05) is 37.2 Å². The van der Waals surface area contributed by atoms with Crippen LogP contribution in [0.5, 0.6) is 0 Å². The van der Waals surface area contributed by atoms with Crippen molar-refractivity contribution in [2.75, 3.05) is 18.9 Å². The van der Waals surface area contributed by atoms with E-state index in [1.165, 1.54) is 34.2 Å². The number of nitrogens with zero attached hydrogens (tertiary/aromatic N) is 2. The molecule has 2 aromatic heterocycles. The molecule has 0 saturated carbocycles. The van der Waals surface area contributed by atoms with Gasteiger partial charge >= 0.3 is 0 Å². The lowest BCUT2D eigenvalue weighted by Gasteiger charge is -2.14. The second-order valence-corrected chi connectivity index (χ2v) is 11.4. The van der Waals surface area contributed by atoms with Crippen LogP contribution in [0.25, 0.3) is 15.9 Å². The number of nitrogens with one attached hydrogen (secondary N) is 1. The Labute approximate surface area is 214 Å². The van der Waals surface area contributed by atoms with Gasteiger partial charge in [0, 0.05) is 18.0 Å². The Kier molecular flexibility index (Phi) is 7.90. The van der Waals surface area contributed by atoms with Crippen LogP contribution in [0.2, 0.25) is 0 Å². The van der Waals surface area contributed by atoms with Gasteiger partial charge in [-0.3, -0.25) is 14.2 Å². The van der Waals surface area contributed by atoms with Gasteiger partial charge in [0.15, 0.2) is 5.16 Å². The summed E-state index contributed by atoms with van der Waals surface area (Å²) in [6.45, 7) is 3.50. The maximum absolute atomic E-state index is 13.9. The van der Waals surface area contributed by atoms with Crippen molar-refractivity contribution in [3.8, 4) is 5.69 Å². The minimum absolute atomic E-state index is 0.0158. The number of aromatic nitrogens is 2. The molecule has 1 aliphatic heterocycles. The molecule has 1 saturated heterocycles. The van der Waals surface area contributed by atoms with Crippen LogP contribution in [0, 0.1) is 0 Å². The van der Waals surface area contributed by atoms with Gasteiger partial charge in [-0.25, -0.2) is 4.98 Å². The average Bonchev–Trinajstić information content (AvgIpc) is 3.53. The maximum Gasteiger partial charge on any atom is 0.267 e. The third kappa shape index (κ3) is 5.49. The van der Waals surface area contributed by atoms with Crippen LogP contribution in [0.1, 0.15) is 61.5 Å². The standard InChI is InChI=1S/C27H33N3O3S2/c1-2-3-7-18-11-13-19(14-12-18)30-26(32)24-21-9-4-5-10-22(21)35-25(24)29-27(30)34-17-23(31)28-16-20-8-6-15-33-20/h11-14,20H,2-10,15-17H2,1H3,(H,28,31). The molecule has 1 atom stereocenters.